The summed E-state index contributed by atoms with van der Waals surface area (Å²) >= 11 is 6.15. The number of carbonyl (C=O) groups excluding carboxylic acids is 2. The maximum atomic E-state index is 12.6. The number of aliphatic hydroxyl groups is 1. The van der Waals surface area contributed by atoms with Crippen molar-refractivity contribution in [2.45, 2.75) is 39.2 Å². The van der Waals surface area contributed by atoms with Crippen LogP contribution in [0, 0.1) is 5.92 Å². The van der Waals surface area contributed by atoms with Crippen LogP contribution in [-0.4, -0.2) is 41.0 Å². The first-order valence-corrected chi connectivity index (χ1v) is 8.31. The van der Waals surface area contributed by atoms with E-state index in [-0.39, 0.29) is 23.8 Å². The molecule has 2 N–H and O–H groups in total. The van der Waals surface area contributed by atoms with Crippen LogP contribution in [0.5, 0.6) is 0 Å². The lowest BCUT2D eigenvalue weighted by molar-refractivity contribution is -0.116. The highest BCUT2D eigenvalue weighted by molar-refractivity contribution is 6.34. The molecule has 0 atom stereocenters. The van der Waals surface area contributed by atoms with Crippen molar-refractivity contribution in [3.8, 4) is 0 Å². The van der Waals surface area contributed by atoms with Crippen molar-refractivity contribution in [3.63, 3.8) is 0 Å². The number of benzene rings is 1. The van der Waals surface area contributed by atoms with Crippen LogP contribution in [0.25, 0.3) is 0 Å². The molecule has 1 aromatic carbocycles. The second-order valence-electron chi connectivity index (χ2n) is 6.36. The predicted octanol–water partition coefficient (Wildman–Crippen LogP) is 2.92. The third-order valence-corrected chi connectivity index (χ3v) is 4.16. The number of carbonyl (C=O) groups is 2. The van der Waals surface area contributed by atoms with Crippen LogP contribution >= 0.6 is 11.6 Å². The van der Waals surface area contributed by atoms with Crippen LogP contribution in [0.3, 0.4) is 0 Å². The Hall–Kier alpha value is -1.59. The molecular weight excluding hydrogens is 316 g/mol. The van der Waals surface area contributed by atoms with E-state index in [9.17, 15) is 14.7 Å². The summed E-state index contributed by atoms with van der Waals surface area (Å²) in [6.07, 6.45) is 1.24. The van der Waals surface area contributed by atoms with E-state index in [1.165, 1.54) is 0 Å². The van der Waals surface area contributed by atoms with Gasteiger partial charge in [0.1, 0.15) is 0 Å². The van der Waals surface area contributed by atoms with Crippen LogP contribution in [0.15, 0.2) is 18.2 Å². The topological polar surface area (TPSA) is 69.6 Å². The maximum Gasteiger partial charge on any atom is 0.255 e. The van der Waals surface area contributed by atoms with E-state index in [0.717, 1.165) is 0 Å². The van der Waals surface area contributed by atoms with E-state index in [1.807, 2.05) is 13.8 Å². The molecule has 1 fully saturated rings. The lowest BCUT2D eigenvalue weighted by Gasteiger charge is -2.30. The Morgan fingerprint density at radius 3 is 2.61 bits per heavy atom. The van der Waals surface area contributed by atoms with Gasteiger partial charge >= 0.3 is 0 Å². The zero-order valence-electron chi connectivity index (χ0n) is 13.5. The van der Waals surface area contributed by atoms with Crippen molar-refractivity contribution in [2.75, 3.05) is 18.4 Å². The largest absolute Gasteiger partial charge is 0.393 e. The molecule has 1 aliphatic rings. The molecule has 2 amide bonds. The summed E-state index contributed by atoms with van der Waals surface area (Å²) in [5.41, 5.74) is 0.950. The van der Waals surface area contributed by atoms with Gasteiger partial charge in [-0.25, -0.2) is 0 Å². The minimum atomic E-state index is -0.337. The van der Waals surface area contributed by atoms with Crippen molar-refractivity contribution < 1.29 is 14.7 Å². The minimum Gasteiger partial charge on any atom is -0.393 e. The molecule has 0 bridgehead atoms. The molecule has 126 valence electrons. The Morgan fingerprint density at radius 2 is 2.00 bits per heavy atom. The van der Waals surface area contributed by atoms with Gasteiger partial charge in [0, 0.05) is 25.2 Å². The number of halogens is 1. The van der Waals surface area contributed by atoms with Crippen molar-refractivity contribution in [2.24, 2.45) is 5.92 Å². The number of anilines is 1. The van der Waals surface area contributed by atoms with Crippen molar-refractivity contribution in [3.05, 3.63) is 28.8 Å². The first kappa shape index (κ1) is 17.8. The molecule has 0 radical (unpaired) electrons. The van der Waals surface area contributed by atoms with Gasteiger partial charge in [0.05, 0.1) is 16.7 Å². The fraction of sp³-hybridized carbons (Fsp3) is 0.529. The van der Waals surface area contributed by atoms with Gasteiger partial charge in [0.2, 0.25) is 5.91 Å². The summed E-state index contributed by atoms with van der Waals surface area (Å²) in [6, 6.07) is 4.93. The summed E-state index contributed by atoms with van der Waals surface area (Å²) in [5, 5.41) is 12.7. The number of nitrogens with one attached hydrogen (secondary N) is 1. The van der Waals surface area contributed by atoms with Gasteiger partial charge in [-0.1, -0.05) is 25.4 Å². The smallest absolute Gasteiger partial charge is 0.255 e. The lowest BCUT2D eigenvalue weighted by atomic mass is 10.1. The standard InChI is InChI=1S/C17H23ClN2O3/c1-11(2)9-16(22)19-12-3-4-15(18)14(10-12)17(23)20-7-5-13(21)6-8-20/h3-4,10-11,13,21H,5-9H2,1-2H3,(H,19,22). The third kappa shape index (κ3) is 4.94. The second-order valence-corrected chi connectivity index (χ2v) is 6.77. The highest BCUT2D eigenvalue weighted by Gasteiger charge is 2.24. The molecule has 2 rings (SSSR count). The Balaban J connectivity index is 2.10. The number of aliphatic hydroxyl groups excluding tert-OH is 1. The summed E-state index contributed by atoms with van der Waals surface area (Å²) in [4.78, 5) is 26.1. The fourth-order valence-corrected chi connectivity index (χ4v) is 2.79. The van der Waals surface area contributed by atoms with Gasteiger partial charge < -0.3 is 15.3 Å². The number of amides is 2. The van der Waals surface area contributed by atoms with E-state index in [2.05, 4.69) is 5.32 Å². The summed E-state index contributed by atoms with van der Waals surface area (Å²) in [6.45, 7) is 4.98. The molecule has 0 spiro atoms. The highest BCUT2D eigenvalue weighted by Crippen LogP contribution is 2.24. The fourth-order valence-electron chi connectivity index (χ4n) is 2.59. The first-order chi connectivity index (χ1) is 10.9. The first-order valence-electron chi connectivity index (χ1n) is 7.93. The average molecular weight is 339 g/mol. The number of nitrogens with zero attached hydrogens (tertiary/aromatic N) is 1. The highest BCUT2D eigenvalue weighted by atomic mass is 35.5. The van der Waals surface area contributed by atoms with Crippen LogP contribution in [0.1, 0.15) is 43.5 Å². The summed E-state index contributed by atoms with van der Waals surface area (Å²) in [5.74, 6) is 0.0202. The van der Waals surface area contributed by atoms with Gasteiger partial charge in [-0.05, 0) is 37.0 Å². The maximum absolute atomic E-state index is 12.6. The predicted molar refractivity (Wildman–Crippen MR) is 90.7 cm³/mol. The number of piperidine rings is 1. The lowest BCUT2D eigenvalue weighted by Crippen LogP contribution is -2.40. The van der Waals surface area contributed by atoms with E-state index in [0.29, 0.717) is 48.6 Å². The number of hydrogen-bond donors (Lipinski definition) is 2. The van der Waals surface area contributed by atoms with Gasteiger partial charge in [0.15, 0.2) is 0 Å². The van der Waals surface area contributed by atoms with Gasteiger partial charge in [-0.15, -0.1) is 0 Å². The summed E-state index contributed by atoms with van der Waals surface area (Å²) in [7, 11) is 0. The zero-order valence-corrected chi connectivity index (χ0v) is 14.3. The number of likely N-dealkylation sites (tertiary alicyclic amines) is 1. The minimum absolute atomic E-state index is 0.0817. The van der Waals surface area contributed by atoms with E-state index >= 15 is 0 Å². The van der Waals surface area contributed by atoms with E-state index in [4.69, 9.17) is 11.6 Å². The number of rotatable bonds is 4. The molecular formula is C17H23ClN2O3. The molecule has 1 aromatic rings. The number of hydrogen-bond acceptors (Lipinski definition) is 3. The van der Waals surface area contributed by atoms with Gasteiger partial charge in [0.25, 0.3) is 5.91 Å². The molecule has 1 heterocycles. The SMILES string of the molecule is CC(C)CC(=O)Nc1ccc(Cl)c(C(=O)N2CCC(O)CC2)c1. The van der Waals surface area contributed by atoms with E-state index < -0.39 is 0 Å². The van der Waals surface area contributed by atoms with Crippen molar-refractivity contribution >= 4 is 29.1 Å². The molecule has 6 heteroatoms. The summed E-state index contributed by atoms with van der Waals surface area (Å²) < 4.78 is 0. The van der Waals surface area contributed by atoms with E-state index in [1.54, 1.807) is 23.1 Å². The molecule has 0 aromatic heterocycles. The quantitative estimate of drug-likeness (QED) is 0.886. The monoisotopic (exact) mass is 338 g/mol. The molecule has 5 nitrogen and oxygen atoms in total. The second kappa shape index (κ2) is 7.79. The zero-order chi connectivity index (χ0) is 17.0. The normalized spacial score (nSPS) is 15.8. The van der Waals surface area contributed by atoms with Crippen LogP contribution < -0.4 is 5.32 Å². The average Bonchev–Trinajstić information content (AvgIpc) is 2.48. The third-order valence-electron chi connectivity index (χ3n) is 3.83. The Labute approximate surface area is 141 Å². The van der Waals surface area contributed by atoms with Crippen LogP contribution in [0.2, 0.25) is 5.02 Å². The Kier molecular flexibility index (Phi) is 6.02. The molecule has 0 saturated carbocycles. The molecule has 1 aliphatic heterocycles. The molecule has 0 aliphatic carbocycles. The van der Waals surface area contributed by atoms with Crippen molar-refractivity contribution in [1.82, 2.24) is 4.90 Å². The Bertz CT molecular complexity index is 581. The molecule has 1 saturated heterocycles. The molecule has 23 heavy (non-hydrogen) atoms. The van der Waals surface area contributed by atoms with Gasteiger partial charge in [-0.2, -0.15) is 0 Å². The van der Waals surface area contributed by atoms with Crippen LogP contribution in [-0.2, 0) is 4.79 Å². The van der Waals surface area contributed by atoms with Gasteiger partial charge in [-0.3, -0.25) is 9.59 Å². The van der Waals surface area contributed by atoms with Crippen LogP contribution in [0.4, 0.5) is 5.69 Å². The van der Waals surface area contributed by atoms with Crippen molar-refractivity contribution in [1.29, 1.82) is 0 Å². The Morgan fingerprint density at radius 1 is 1.35 bits per heavy atom. The molecule has 0 unspecified atom stereocenters.